The van der Waals surface area contributed by atoms with Gasteiger partial charge in [0, 0.05) is 0 Å². The number of sulfonamides is 1. The summed E-state index contributed by atoms with van der Waals surface area (Å²) >= 11 is 0. The van der Waals surface area contributed by atoms with Gasteiger partial charge in [-0.05, 0) is 25.5 Å². The zero-order valence-corrected chi connectivity index (χ0v) is 10.7. The van der Waals surface area contributed by atoms with Crippen LogP contribution in [0, 0.1) is 6.92 Å². The summed E-state index contributed by atoms with van der Waals surface area (Å²) in [5, 5.41) is 0. The average Bonchev–Trinajstić information content (AvgIpc) is 2.26. The van der Waals surface area contributed by atoms with E-state index in [4.69, 9.17) is 5.73 Å². The fourth-order valence-electron chi connectivity index (χ4n) is 1.47. The maximum absolute atomic E-state index is 11.9. The van der Waals surface area contributed by atoms with Crippen LogP contribution in [-0.4, -0.2) is 26.6 Å². The van der Waals surface area contributed by atoms with Crippen LogP contribution < -0.4 is 10.0 Å². The number of benzene rings is 1. The molecule has 94 valence electrons. The van der Waals surface area contributed by atoms with Gasteiger partial charge >= 0.3 is 0 Å². The standard InChI is InChI=1S/C11H16N2O3S/c1-3-17(15,16)13(8-11(12)14)10-7-5-4-6-9(10)2/h4-7H,3,8H2,1-2H3,(H2,12,14). The molecule has 1 amide bonds. The highest BCUT2D eigenvalue weighted by Gasteiger charge is 2.23. The first-order valence-corrected chi connectivity index (χ1v) is 6.83. The fourth-order valence-corrected chi connectivity index (χ4v) is 2.61. The Hall–Kier alpha value is -1.56. The molecule has 0 aromatic heterocycles. The van der Waals surface area contributed by atoms with Gasteiger partial charge in [-0.15, -0.1) is 0 Å². The Morgan fingerprint density at radius 1 is 1.35 bits per heavy atom. The second kappa shape index (κ2) is 5.18. The molecule has 1 rings (SSSR count). The second-order valence-electron chi connectivity index (χ2n) is 3.66. The highest BCUT2D eigenvalue weighted by Crippen LogP contribution is 2.22. The molecule has 0 aliphatic heterocycles. The number of aryl methyl sites for hydroxylation is 1. The zero-order valence-electron chi connectivity index (χ0n) is 9.88. The van der Waals surface area contributed by atoms with E-state index >= 15 is 0 Å². The van der Waals surface area contributed by atoms with E-state index < -0.39 is 15.9 Å². The Balaban J connectivity index is 3.25. The first-order valence-electron chi connectivity index (χ1n) is 5.23. The van der Waals surface area contributed by atoms with Gasteiger partial charge in [0.25, 0.3) is 0 Å². The number of carbonyl (C=O) groups excluding carboxylic acids is 1. The summed E-state index contributed by atoms with van der Waals surface area (Å²) < 4.78 is 24.9. The van der Waals surface area contributed by atoms with Crippen LogP contribution in [0.3, 0.4) is 0 Å². The molecule has 1 aromatic carbocycles. The quantitative estimate of drug-likeness (QED) is 0.839. The van der Waals surface area contributed by atoms with Crippen LogP contribution in [0.1, 0.15) is 12.5 Å². The largest absolute Gasteiger partial charge is 0.368 e. The van der Waals surface area contributed by atoms with E-state index in [-0.39, 0.29) is 12.3 Å². The summed E-state index contributed by atoms with van der Waals surface area (Å²) in [5.74, 6) is -0.750. The normalized spacial score (nSPS) is 11.2. The maximum atomic E-state index is 11.9. The second-order valence-corrected chi connectivity index (χ2v) is 5.84. The van der Waals surface area contributed by atoms with Gasteiger partial charge in [0.2, 0.25) is 15.9 Å². The van der Waals surface area contributed by atoms with E-state index in [0.717, 1.165) is 9.87 Å². The monoisotopic (exact) mass is 256 g/mol. The highest BCUT2D eigenvalue weighted by molar-refractivity contribution is 7.92. The topological polar surface area (TPSA) is 80.5 Å². The summed E-state index contributed by atoms with van der Waals surface area (Å²) in [6.45, 7) is 2.98. The lowest BCUT2D eigenvalue weighted by Gasteiger charge is -2.23. The van der Waals surface area contributed by atoms with Crippen molar-refractivity contribution < 1.29 is 13.2 Å². The third-order valence-electron chi connectivity index (χ3n) is 2.38. The predicted molar refractivity (Wildman–Crippen MR) is 67.2 cm³/mol. The molecule has 0 fully saturated rings. The molecule has 0 heterocycles. The number of hydrogen-bond donors (Lipinski definition) is 1. The van der Waals surface area contributed by atoms with Crippen LogP contribution in [0.2, 0.25) is 0 Å². The molecular formula is C11H16N2O3S. The van der Waals surface area contributed by atoms with Crippen LogP contribution in [0.4, 0.5) is 5.69 Å². The molecule has 17 heavy (non-hydrogen) atoms. The lowest BCUT2D eigenvalue weighted by Crippen LogP contribution is -2.39. The van der Waals surface area contributed by atoms with Crippen LogP contribution >= 0.6 is 0 Å². The molecule has 0 aliphatic rings. The maximum Gasteiger partial charge on any atom is 0.238 e. The van der Waals surface area contributed by atoms with Crippen LogP contribution in [0.15, 0.2) is 24.3 Å². The summed E-state index contributed by atoms with van der Waals surface area (Å²) in [5.41, 5.74) is 6.36. The molecule has 0 aliphatic carbocycles. The van der Waals surface area contributed by atoms with Gasteiger partial charge < -0.3 is 5.73 Å². The third-order valence-corrected chi connectivity index (χ3v) is 4.11. The Bertz CT molecular complexity index is 511. The number of carbonyl (C=O) groups is 1. The smallest absolute Gasteiger partial charge is 0.238 e. The fraction of sp³-hybridized carbons (Fsp3) is 0.364. The van der Waals surface area contributed by atoms with E-state index in [1.165, 1.54) is 6.92 Å². The van der Waals surface area contributed by atoms with Crippen molar-refractivity contribution in [3.05, 3.63) is 29.8 Å². The van der Waals surface area contributed by atoms with Crippen molar-refractivity contribution in [1.82, 2.24) is 0 Å². The molecule has 0 unspecified atom stereocenters. The van der Waals surface area contributed by atoms with E-state index in [2.05, 4.69) is 0 Å². The number of hydrogen-bond acceptors (Lipinski definition) is 3. The first-order chi connectivity index (χ1) is 7.88. The van der Waals surface area contributed by atoms with Gasteiger partial charge in [-0.3, -0.25) is 9.10 Å². The number of anilines is 1. The highest BCUT2D eigenvalue weighted by atomic mass is 32.2. The lowest BCUT2D eigenvalue weighted by atomic mass is 10.2. The molecule has 0 spiro atoms. The van der Waals surface area contributed by atoms with Gasteiger partial charge in [-0.1, -0.05) is 18.2 Å². The Morgan fingerprint density at radius 3 is 2.41 bits per heavy atom. The van der Waals surface area contributed by atoms with Gasteiger partial charge in [0.05, 0.1) is 11.4 Å². The van der Waals surface area contributed by atoms with Gasteiger partial charge in [-0.2, -0.15) is 0 Å². The lowest BCUT2D eigenvalue weighted by molar-refractivity contribution is -0.116. The van der Waals surface area contributed by atoms with Crippen molar-refractivity contribution in [1.29, 1.82) is 0 Å². The predicted octanol–water partition coefficient (Wildman–Crippen LogP) is 0.636. The molecule has 1 aromatic rings. The first kappa shape index (κ1) is 13.5. The van der Waals surface area contributed by atoms with Gasteiger partial charge in [0.1, 0.15) is 6.54 Å². The molecule has 0 atom stereocenters. The number of amides is 1. The Morgan fingerprint density at radius 2 is 1.94 bits per heavy atom. The van der Waals surface area contributed by atoms with Crippen molar-refractivity contribution >= 4 is 21.6 Å². The third kappa shape index (κ3) is 3.20. The van der Waals surface area contributed by atoms with Crippen molar-refractivity contribution in [3.63, 3.8) is 0 Å². The minimum absolute atomic E-state index is 0.0748. The average molecular weight is 256 g/mol. The van der Waals surface area contributed by atoms with Gasteiger partial charge in [0.15, 0.2) is 0 Å². The van der Waals surface area contributed by atoms with Crippen LogP contribution in [0.5, 0.6) is 0 Å². The van der Waals surface area contributed by atoms with Crippen molar-refractivity contribution in [2.24, 2.45) is 5.73 Å². The molecule has 2 N–H and O–H groups in total. The van der Waals surface area contributed by atoms with Crippen molar-refractivity contribution in [3.8, 4) is 0 Å². The molecule has 5 nitrogen and oxygen atoms in total. The van der Waals surface area contributed by atoms with E-state index in [1.54, 1.807) is 31.2 Å². The van der Waals surface area contributed by atoms with Crippen LogP contribution in [-0.2, 0) is 14.8 Å². The molecule has 6 heteroatoms. The van der Waals surface area contributed by atoms with E-state index in [9.17, 15) is 13.2 Å². The minimum Gasteiger partial charge on any atom is -0.368 e. The molecule has 0 bridgehead atoms. The van der Waals surface area contributed by atoms with Gasteiger partial charge in [-0.25, -0.2) is 8.42 Å². The number of para-hydroxylation sites is 1. The summed E-state index contributed by atoms with van der Waals surface area (Å²) in [6, 6.07) is 6.97. The molecular weight excluding hydrogens is 240 g/mol. The van der Waals surface area contributed by atoms with E-state index in [0.29, 0.717) is 5.69 Å². The SMILES string of the molecule is CCS(=O)(=O)N(CC(N)=O)c1ccccc1C. The number of nitrogens with two attached hydrogens (primary N) is 1. The summed E-state index contributed by atoms with van der Waals surface area (Å²) in [4.78, 5) is 11.0. The summed E-state index contributed by atoms with van der Waals surface area (Å²) in [7, 11) is -3.50. The molecule has 0 saturated heterocycles. The zero-order chi connectivity index (χ0) is 13.1. The number of nitrogens with zero attached hydrogens (tertiary/aromatic N) is 1. The molecule has 0 radical (unpaired) electrons. The Kier molecular flexibility index (Phi) is 4.11. The van der Waals surface area contributed by atoms with E-state index in [1.807, 2.05) is 0 Å². The number of primary amides is 1. The minimum atomic E-state index is -3.50. The summed E-state index contributed by atoms with van der Waals surface area (Å²) in [6.07, 6.45) is 0. The molecule has 0 saturated carbocycles. The number of rotatable bonds is 5. The van der Waals surface area contributed by atoms with Crippen molar-refractivity contribution in [2.45, 2.75) is 13.8 Å². The van der Waals surface area contributed by atoms with Crippen molar-refractivity contribution in [2.75, 3.05) is 16.6 Å². The Labute approximate surface area is 101 Å². The van der Waals surface area contributed by atoms with Crippen LogP contribution in [0.25, 0.3) is 0 Å².